The van der Waals surface area contributed by atoms with Crippen LogP contribution in [-0.2, 0) is 4.79 Å². The van der Waals surface area contributed by atoms with Crippen molar-refractivity contribution in [1.29, 1.82) is 0 Å². The Balaban J connectivity index is 1.67. The zero-order valence-corrected chi connectivity index (χ0v) is 8.42. The Labute approximate surface area is 83.6 Å². The van der Waals surface area contributed by atoms with Gasteiger partial charge in [-0.05, 0) is 12.8 Å². The molecule has 0 spiro atoms. The average Bonchev–Trinajstić information content (AvgIpc) is 2.86. The van der Waals surface area contributed by atoms with Crippen LogP contribution in [0.15, 0.2) is 4.99 Å². The molecule has 0 atom stereocenters. The van der Waals surface area contributed by atoms with E-state index in [1.54, 1.807) is 0 Å². The molecule has 0 unspecified atom stereocenters. The molecule has 1 aliphatic carbocycles. The van der Waals surface area contributed by atoms with E-state index in [-0.39, 0.29) is 5.91 Å². The number of aliphatic imine (C=N–C) groups is 1. The number of rotatable bonds is 3. The molecule has 1 heterocycles. The summed E-state index contributed by atoms with van der Waals surface area (Å²) in [6.45, 7) is 2.09. The summed E-state index contributed by atoms with van der Waals surface area (Å²) < 4.78 is 0. The maximum absolute atomic E-state index is 11.3. The predicted molar refractivity (Wildman–Crippen MR) is 54.1 cm³/mol. The summed E-state index contributed by atoms with van der Waals surface area (Å²) >= 11 is 0. The molecule has 1 amide bonds. The molecule has 0 saturated heterocycles. The Hall–Kier alpha value is -1.26. The topological polar surface area (TPSA) is 56.7 Å². The highest BCUT2D eigenvalue weighted by molar-refractivity contribution is 5.87. The van der Waals surface area contributed by atoms with Crippen LogP contribution in [-0.4, -0.2) is 49.5 Å². The van der Waals surface area contributed by atoms with Gasteiger partial charge in [-0.15, -0.1) is 0 Å². The van der Waals surface area contributed by atoms with Gasteiger partial charge in [0.05, 0.1) is 13.1 Å². The summed E-state index contributed by atoms with van der Waals surface area (Å²) in [4.78, 5) is 17.6. The van der Waals surface area contributed by atoms with Crippen molar-refractivity contribution >= 4 is 11.9 Å². The van der Waals surface area contributed by atoms with Crippen molar-refractivity contribution < 1.29 is 4.79 Å². The van der Waals surface area contributed by atoms with Crippen LogP contribution in [0.1, 0.15) is 12.8 Å². The normalized spacial score (nSPS) is 20.6. The van der Waals surface area contributed by atoms with Gasteiger partial charge in [0.25, 0.3) is 0 Å². The van der Waals surface area contributed by atoms with Crippen molar-refractivity contribution in [3.05, 3.63) is 0 Å². The van der Waals surface area contributed by atoms with Gasteiger partial charge in [0.2, 0.25) is 5.91 Å². The van der Waals surface area contributed by atoms with Crippen molar-refractivity contribution in [2.75, 3.05) is 26.7 Å². The van der Waals surface area contributed by atoms with Gasteiger partial charge in [0, 0.05) is 19.6 Å². The van der Waals surface area contributed by atoms with E-state index in [1.807, 2.05) is 11.9 Å². The van der Waals surface area contributed by atoms with E-state index < -0.39 is 0 Å². The number of nitrogens with one attached hydrogen (secondary N) is 2. The number of nitrogens with zero attached hydrogens (tertiary/aromatic N) is 2. The highest BCUT2D eigenvalue weighted by Crippen LogP contribution is 2.18. The minimum Gasteiger partial charge on any atom is -0.352 e. The van der Waals surface area contributed by atoms with Crippen molar-refractivity contribution in [3.8, 4) is 0 Å². The van der Waals surface area contributed by atoms with E-state index in [1.165, 1.54) is 0 Å². The van der Waals surface area contributed by atoms with E-state index in [4.69, 9.17) is 0 Å². The Kier molecular flexibility index (Phi) is 2.56. The molecule has 0 bridgehead atoms. The molecule has 2 rings (SSSR count). The Morgan fingerprint density at radius 2 is 2.43 bits per heavy atom. The minimum absolute atomic E-state index is 0.0653. The molecule has 5 nitrogen and oxygen atoms in total. The molecule has 1 saturated carbocycles. The van der Waals surface area contributed by atoms with E-state index >= 15 is 0 Å². The lowest BCUT2D eigenvalue weighted by Gasteiger charge is -2.14. The van der Waals surface area contributed by atoms with Crippen LogP contribution in [0.2, 0.25) is 0 Å². The van der Waals surface area contributed by atoms with Gasteiger partial charge in [-0.1, -0.05) is 0 Å². The second-order valence-corrected chi connectivity index (χ2v) is 3.82. The molecule has 0 aromatic carbocycles. The molecular weight excluding hydrogens is 180 g/mol. The molecule has 14 heavy (non-hydrogen) atoms. The monoisotopic (exact) mass is 196 g/mol. The van der Waals surface area contributed by atoms with Crippen LogP contribution in [0.25, 0.3) is 0 Å². The predicted octanol–water partition coefficient (Wildman–Crippen LogP) is -0.844. The number of hydrogen-bond donors (Lipinski definition) is 2. The van der Waals surface area contributed by atoms with Crippen LogP contribution < -0.4 is 10.6 Å². The van der Waals surface area contributed by atoms with Crippen LogP contribution in [0.4, 0.5) is 0 Å². The largest absolute Gasteiger partial charge is 0.352 e. The lowest BCUT2D eigenvalue weighted by Crippen LogP contribution is -2.42. The van der Waals surface area contributed by atoms with Gasteiger partial charge >= 0.3 is 0 Å². The van der Waals surface area contributed by atoms with Crippen LogP contribution >= 0.6 is 0 Å². The highest BCUT2D eigenvalue weighted by atomic mass is 16.2. The van der Waals surface area contributed by atoms with E-state index in [0.29, 0.717) is 12.6 Å². The van der Waals surface area contributed by atoms with Gasteiger partial charge < -0.3 is 15.5 Å². The number of carbonyl (C=O) groups is 1. The maximum atomic E-state index is 11.3. The highest BCUT2D eigenvalue weighted by Gasteiger charge is 2.23. The second kappa shape index (κ2) is 3.86. The number of likely N-dealkylation sites (N-methyl/N-ethyl adjacent to an activating group) is 1. The van der Waals surface area contributed by atoms with E-state index in [0.717, 1.165) is 31.9 Å². The zero-order chi connectivity index (χ0) is 9.97. The quantitative estimate of drug-likeness (QED) is 0.618. The Morgan fingerprint density at radius 3 is 3.00 bits per heavy atom. The standard InChI is InChI=1S/C9H16N4O/c1-13-5-4-10-9(13)11-6-8(14)12-7-2-3-7/h7H,2-6H2,1H3,(H,10,11)(H,12,14). The Bertz CT molecular complexity index is 260. The molecule has 78 valence electrons. The van der Waals surface area contributed by atoms with Gasteiger partial charge in [-0.3, -0.25) is 9.79 Å². The van der Waals surface area contributed by atoms with Gasteiger partial charge in [-0.25, -0.2) is 0 Å². The summed E-state index contributed by atoms with van der Waals surface area (Å²) in [6, 6.07) is 0.438. The lowest BCUT2D eigenvalue weighted by molar-refractivity contribution is -0.120. The summed E-state index contributed by atoms with van der Waals surface area (Å²) in [5, 5.41) is 5.95. The molecule has 1 fully saturated rings. The van der Waals surface area contributed by atoms with Crippen LogP contribution in [0, 0.1) is 0 Å². The first kappa shape index (κ1) is 9.30. The first-order valence-corrected chi connectivity index (χ1v) is 5.04. The molecule has 5 heteroatoms. The SMILES string of the molecule is CN1CCN=C1NCC(=O)NC1CC1. The van der Waals surface area contributed by atoms with Crippen LogP contribution in [0.5, 0.6) is 0 Å². The molecule has 0 aromatic heterocycles. The van der Waals surface area contributed by atoms with Gasteiger partial charge in [0.15, 0.2) is 5.96 Å². The minimum atomic E-state index is 0.0653. The van der Waals surface area contributed by atoms with Crippen molar-refractivity contribution in [2.45, 2.75) is 18.9 Å². The van der Waals surface area contributed by atoms with E-state index in [2.05, 4.69) is 15.6 Å². The summed E-state index contributed by atoms with van der Waals surface area (Å²) in [5.74, 6) is 0.895. The third-order valence-corrected chi connectivity index (χ3v) is 2.41. The first-order chi connectivity index (χ1) is 6.75. The fourth-order valence-electron chi connectivity index (χ4n) is 1.39. The second-order valence-electron chi connectivity index (χ2n) is 3.82. The Morgan fingerprint density at radius 1 is 1.64 bits per heavy atom. The third kappa shape index (κ3) is 2.37. The fourth-order valence-corrected chi connectivity index (χ4v) is 1.39. The zero-order valence-electron chi connectivity index (χ0n) is 8.42. The van der Waals surface area contributed by atoms with Crippen molar-refractivity contribution in [2.24, 2.45) is 4.99 Å². The molecule has 0 radical (unpaired) electrons. The fraction of sp³-hybridized carbons (Fsp3) is 0.778. The van der Waals surface area contributed by atoms with Gasteiger partial charge in [-0.2, -0.15) is 0 Å². The van der Waals surface area contributed by atoms with E-state index in [9.17, 15) is 4.79 Å². The number of guanidine groups is 1. The molecule has 2 aliphatic rings. The molecular formula is C9H16N4O. The van der Waals surface area contributed by atoms with Crippen molar-refractivity contribution in [3.63, 3.8) is 0 Å². The molecule has 1 aliphatic heterocycles. The lowest BCUT2D eigenvalue weighted by atomic mass is 10.5. The molecule has 0 aromatic rings. The van der Waals surface area contributed by atoms with Gasteiger partial charge in [0.1, 0.15) is 0 Å². The number of amides is 1. The van der Waals surface area contributed by atoms with Crippen molar-refractivity contribution in [1.82, 2.24) is 15.5 Å². The number of hydrogen-bond acceptors (Lipinski definition) is 4. The smallest absolute Gasteiger partial charge is 0.239 e. The summed E-state index contributed by atoms with van der Waals surface area (Å²) in [5.41, 5.74) is 0. The average molecular weight is 196 g/mol. The number of carbonyl (C=O) groups excluding carboxylic acids is 1. The summed E-state index contributed by atoms with van der Waals surface area (Å²) in [6.07, 6.45) is 2.26. The maximum Gasteiger partial charge on any atom is 0.239 e. The summed E-state index contributed by atoms with van der Waals surface area (Å²) in [7, 11) is 1.97. The van der Waals surface area contributed by atoms with Crippen LogP contribution in [0.3, 0.4) is 0 Å². The molecule has 2 N–H and O–H groups in total. The first-order valence-electron chi connectivity index (χ1n) is 5.04. The third-order valence-electron chi connectivity index (χ3n) is 2.41.